The van der Waals surface area contributed by atoms with Crippen LogP contribution >= 0.6 is 11.8 Å². The Balaban J connectivity index is 1.38. The molecule has 1 aliphatic heterocycles. The zero-order valence-corrected chi connectivity index (χ0v) is 18.4. The Morgan fingerprint density at radius 3 is 2.62 bits per heavy atom. The number of hydrogen-bond acceptors (Lipinski definition) is 4. The first-order valence-electron chi connectivity index (χ1n) is 10.2. The highest BCUT2D eigenvalue weighted by molar-refractivity contribution is 8.00. The van der Waals surface area contributed by atoms with E-state index in [4.69, 9.17) is 4.74 Å². The molecule has 0 unspecified atom stereocenters. The van der Waals surface area contributed by atoms with E-state index in [0.717, 1.165) is 16.7 Å². The highest BCUT2D eigenvalue weighted by Gasteiger charge is 2.35. The minimum absolute atomic E-state index is 0.0516. The zero-order chi connectivity index (χ0) is 22.5. The second kappa shape index (κ2) is 9.97. The summed E-state index contributed by atoms with van der Waals surface area (Å²) in [5, 5.41) is 2.48. The van der Waals surface area contributed by atoms with Crippen LogP contribution in [0.1, 0.15) is 22.1 Å². The molecular weight excluding hydrogens is 427 g/mol. The van der Waals surface area contributed by atoms with E-state index in [9.17, 15) is 14.0 Å². The van der Waals surface area contributed by atoms with Gasteiger partial charge in [-0.2, -0.15) is 0 Å². The number of halogens is 1. The molecule has 1 atom stereocenters. The van der Waals surface area contributed by atoms with Crippen LogP contribution in [-0.4, -0.2) is 24.2 Å². The van der Waals surface area contributed by atoms with Gasteiger partial charge in [0.1, 0.15) is 17.8 Å². The average molecular weight is 451 g/mol. The molecule has 0 spiro atoms. The second-order valence-corrected chi connectivity index (χ2v) is 8.60. The number of hydrogen-bond donors (Lipinski definition) is 1. The van der Waals surface area contributed by atoms with Gasteiger partial charge in [-0.25, -0.2) is 4.39 Å². The van der Waals surface area contributed by atoms with Gasteiger partial charge in [0.2, 0.25) is 11.8 Å². The number of aryl methyl sites for hydroxylation is 1. The summed E-state index contributed by atoms with van der Waals surface area (Å²) in [5.74, 6) is -0.509. The average Bonchev–Trinajstić information content (AvgIpc) is 3.18. The highest BCUT2D eigenvalue weighted by Crippen LogP contribution is 2.42. The third-order valence-electron chi connectivity index (χ3n) is 5.05. The molecule has 0 saturated carbocycles. The smallest absolute Gasteiger partial charge is 0.250 e. The summed E-state index contributed by atoms with van der Waals surface area (Å²) in [4.78, 5) is 26.2. The van der Waals surface area contributed by atoms with Gasteiger partial charge in [0.15, 0.2) is 0 Å². The van der Waals surface area contributed by atoms with E-state index in [1.807, 2.05) is 49.4 Å². The molecule has 1 fully saturated rings. The van der Waals surface area contributed by atoms with Gasteiger partial charge >= 0.3 is 0 Å². The number of anilines is 2. The summed E-state index contributed by atoms with van der Waals surface area (Å²) < 4.78 is 19.9. The summed E-state index contributed by atoms with van der Waals surface area (Å²) in [6.07, 6.45) is 0. The molecule has 2 amide bonds. The Labute approximate surface area is 190 Å². The van der Waals surface area contributed by atoms with Crippen molar-refractivity contribution in [2.24, 2.45) is 0 Å². The normalized spacial score (nSPS) is 15.8. The van der Waals surface area contributed by atoms with E-state index in [0.29, 0.717) is 12.3 Å². The van der Waals surface area contributed by atoms with Crippen molar-refractivity contribution in [1.82, 2.24) is 0 Å². The number of thioether (sulfide) groups is 1. The standard InChI is InChI=1S/C25H23FN2O3S/c1-17-7-12-21(26)22(13-17)28-24(30)16-32-25(28)19-8-10-20(11-9-19)27-23(29)15-31-14-18-5-3-2-4-6-18/h2-13,25H,14-16H2,1H3,(H,27,29)/t25-/m1/s1. The maximum absolute atomic E-state index is 14.4. The molecule has 0 radical (unpaired) electrons. The fourth-order valence-electron chi connectivity index (χ4n) is 3.50. The van der Waals surface area contributed by atoms with E-state index in [2.05, 4.69) is 5.32 Å². The van der Waals surface area contributed by atoms with Gasteiger partial charge in [0, 0.05) is 5.69 Å². The summed E-state index contributed by atoms with van der Waals surface area (Å²) in [6.45, 7) is 2.18. The highest BCUT2D eigenvalue weighted by atomic mass is 32.2. The van der Waals surface area contributed by atoms with E-state index in [1.165, 1.54) is 22.7 Å². The fourth-order valence-corrected chi connectivity index (χ4v) is 4.67. The predicted molar refractivity (Wildman–Crippen MR) is 125 cm³/mol. The van der Waals surface area contributed by atoms with Crippen LogP contribution in [-0.2, 0) is 20.9 Å². The van der Waals surface area contributed by atoms with Crippen LogP contribution in [0.2, 0.25) is 0 Å². The number of benzene rings is 3. The topological polar surface area (TPSA) is 58.6 Å². The molecule has 3 aromatic rings. The molecular formula is C25H23FN2O3S. The first-order chi connectivity index (χ1) is 15.5. The number of ether oxygens (including phenoxy) is 1. The molecule has 32 heavy (non-hydrogen) atoms. The summed E-state index contributed by atoms with van der Waals surface area (Å²) in [7, 11) is 0. The van der Waals surface area contributed by atoms with E-state index in [1.54, 1.807) is 24.3 Å². The van der Waals surface area contributed by atoms with Gasteiger partial charge in [0.05, 0.1) is 18.0 Å². The van der Waals surface area contributed by atoms with Crippen LogP contribution in [0.25, 0.3) is 0 Å². The van der Waals surface area contributed by atoms with Gasteiger partial charge < -0.3 is 10.1 Å². The van der Waals surface area contributed by atoms with Crippen molar-refractivity contribution in [3.05, 3.63) is 95.3 Å². The lowest BCUT2D eigenvalue weighted by atomic mass is 10.1. The monoisotopic (exact) mass is 450 g/mol. The Morgan fingerprint density at radius 2 is 1.88 bits per heavy atom. The molecule has 0 bridgehead atoms. The van der Waals surface area contributed by atoms with Crippen molar-refractivity contribution < 1.29 is 18.7 Å². The van der Waals surface area contributed by atoms with Crippen LogP contribution in [0.15, 0.2) is 72.8 Å². The largest absolute Gasteiger partial charge is 0.367 e. The molecule has 3 aromatic carbocycles. The van der Waals surface area contributed by atoms with Gasteiger partial charge in [-0.05, 0) is 47.9 Å². The lowest BCUT2D eigenvalue weighted by Crippen LogP contribution is -2.28. The quantitative estimate of drug-likeness (QED) is 0.546. The van der Waals surface area contributed by atoms with Gasteiger partial charge in [0.25, 0.3) is 0 Å². The van der Waals surface area contributed by atoms with Crippen LogP contribution in [0.4, 0.5) is 15.8 Å². The Hall–Kier alpha value is -3.16. The van der Waals surface area contributed by atoms with Crippen molar-refractivity contribution >= 4 is 35.0 Å². The minimum atomic E-state index is -0.421. The summed E-state index contributed by atoms with van der Waals surface area (Å²) in [5.41, 5.74) is 3.67. The lowest BCUT2D eigenvalue weighted by molar-refractivity contribution is -0.121. The molecule has 0 aliphatic carbocycles. The molecule has 4 rings (SSSR count). The third-order valence-corrected chi connectivity index (χ3v) is 6.27. The van der Waals surface area contributed by atoms with Crippen LogP contribution < -0.4 is 10.2 Å². The molecule has 5 nitrogen and oxygen atoms in total. The number of carbonyl (C=O) groups excluding carboxylic acids is 2. The number of nitrogens with one attached hydrogen (secondary N) is 1. The van der Waals surface area contributed by atoms with E-state index < -0.39 is 5.82 Å². The molecule has 1 N–H and O–H groups in total. The Bertz CT molecular complexity index is 1110. The number of nitrogens with zero attached hydrogens (tertiary/aromatic N) is 1. The number of rotatable bonds is 7. The van der Waals surface area contributed by atoms with Gasteiger partial charge in [-0.15, -0.1) is 11.8 Å². The van der Waals surface area contributed by atoms with Crippen molar-refractivity contribution in [2.75, 3.05) is 22.6 Å². The Morgan fingerprint density at radius 1 is 1.12 bits per heavy atom. The first kappa shape index (κ1) is 22.0. The first-order valence-corrected chi connectivity index (χ1v) is 11.3. The predicted octanol–water partition coefficient (Wildman–Crippen LogP) is 5.07. The molecule has 1 heterocycles. The van der Waals surface area contributed by atoms with Crippen molar-refractivity contribution in [3.63, 3.8) is 0 Å². The fraction of sp³-hybridized carbons (Fsp3) is 0.200. The number of amides is 2. The third kappa shape index (κ3) is 5.18. The van der Waals surface area contributed by atoms with Crippen LogP contribution in [0.5, 0.6) is 0 Å². The van der Waals surface area contributed by atoms with Crippen molar-refractivity contribution in [2.45, 2.75) is 18.9 Å². The second-order valence-electron chi connectivity index (χ2n) is 7.53. The molecule has 164 valence electrons. The van der Waals surface area contributed by atoms with E-state index in [-0.39, 0.29) is 35.2 Å². The Kier molecular flexibility index (Phi) is 6.87. The van der Waals surface area contributed by atoms with Crippen molar-refractivity contribution in [3.8, 4) is 0 Å². The minimum Gasteiger partial charge on any atom is -0.367 e. The van der Waals surface area contributed by atoms with Crippen molar-refractivity contribution in [1.29, 1.82) is 0 Å². The molecule has 1 saturated heterocycles. The van der Waals surface area contributed by atoms with E-state index >= 15 is 0 Å². The number of carbonyl (C=O) groups is 2. The van der Waals surface area contributed by atoms with Crippen LogP contribution in [0.3, 0.4) is 0 Å². The van der Waals surface area contributed by atoms with Gasteiger partial charge in [-0.1, -0.05) is 48.5 Å². The maximum Gasteiger partial charge on any atom is 0.250 e. The summed E-state index contributed by atoms with van der Waals surface area (Å²) in [6, 6.07) is 21.6. The molecule has 7 heteroatoms. The SMILES string of the molecule is Cc1ccc(F)c(N2C(=O)CS[C@@H]2c2ccc(NC(=O)COCc3ccccc3)cc2)c1. The zero-order valence-electron chi connectivity index (χ0n) is 17.6. The van der Waals surface area contributed by atoms with Gasteiger partial charge in [-0.3, -0.25) is 14.5 Å². The molecule has 1 aliphatic rings. The molecule has 0 aromatic heterocycles. The lowest BCUT2D eigenvalue weighted by Gasteiger charge is -2.25. The van der Waals surface area contributed by atoms with Crippen LogP contribution in [0, 0.1) is 12.7 Å². The maximum atomic E-state index is 14.4. The summed E-state index contributed by atoms with van der Waals surface area (Å²) >= 11 is 1.45.